The van der Waals surface area contributed by atoms with Gasteiger partial charge in [-0.25, -0.2) is 4.98 Å². The smallest absolute Gasteiger partial charge is 0.481 e. The summed E-state index contributed by atoms with van der Waals surface area (Å²) >= 11 is 6.25. The maximum absolute atomic E-state index is 12.6. The molecule has 10 heteroatoms. The number of imidazole rings is 1. The molecule has 0 amide bonds. The van der Waals surface area contributed by atoms with Crippen LogP contribution in [0.25, 0.3) is 11.0 Å². The average molecular weight is 530 g/mol. The normalized spacial score (nSPS) is 15.4. The number of hydrogen-bond donors (Lipinski definition) is 2. The van der Waals surface area contributed by atoms with Crippen LogP contribution in [0.5, 0.6) is 5.75 Å². The van der Waals surface area contributed by atoms with E-state index in [4.69, 9.17) is 21.7 Å². The molecule has 6 nitrogen and oxygen atoms in total. The van der Waals surface area contributed by atoms with Crippen molar-refractivity contribution in [3.8, 4) is 5.75 Å². The summed E-state index contributed by atoms with van der Waals surface area (Å²) in [7, 11) is 0. The van der Waals surface area contributed by atoms with Crippen molar-refractivity contribution in [2.45, 2.75) is 44.5 Å². The van der Waals surface area contributed by atoms with E-state index >= 15 is 0 Å². The highest BCUT2D eigenvalue weighted by atomic mass is 35.5. The molecule has 3 aromatic carbocycles. The summed E-state index contributed by atoms with van der Waals surface area (Å²) in [6.45, 7) is 0. The van der Waals surface area contributed by atoms with Crippen LogP contribution in [0, 0.1) is 0 Å². The monoisotopic (exact) mass is 529 g/mol. The van der Waals surface area contributed by atoms with Crippen molar-refractivity contribution in [3.63, 3.8) is 0 Å². The number of rotatable bonds is 7. The summed E-state index contributed by atoms with van der Waals surface area (Å²) in [6.07, 6.45) is -1.63. The number of carbonyl (C=O) groups is 1. The first-order valence-corrected chi connectivity index (χ1v) is 12.2. The number of fused-ring (bicyclic) bond motifs is 2. The number of nitrogens with one attached hydrogen (secondary N) is 1. The molecule has 192 valence electrons. The fraction of sp³-hybridized carbons (Fsp3) is 0.259. The van der Waals surface area contributed by atoms with Gasteiger partial charge in [-0.1, -0.05) is 23.7 Å². The largest absolute Gasteiger partial charge is 0.573 e. The molecule has 0 radical (unpaired) electrons. The number of carboxylic acid groups (broad SMARTS) is 1. The lowest BCUT2D eigenvalue weighted by molar-refractivity contribution is -0.274. The molecule has 4 aromatic rings. The Hall–Kier alpha value is -3.72. The van der Waals surface area contributed by atoms with Crippen LogP contribution in [0.1, 0.15) is 42.0 Å². The lowest BCUT2D eigenvalue weighted by Crippen LogP contribution is -2.19. The molecule has 0 saturated heterocycles. The van der Waals surface area contributed by atoms with Gasteiger partial charge in [-0.3, -0.25) is 4.79 Å². The molecule has 1 aliphatic carbocycles. The lowest BCUT2D eigenvalue weighted by Gasteiger charge is -2.29. The summed E-state index contributed by atoms with van der Waals surface area (Å²) in [4.78, 5) is 15.8. The topological polar surface area (TPSA) is 76.4 Å². The number of halogens is 4. The molecule has 5 rings (SSSR count). The average Bonchev–Trinajstić information content (AvgIpc) is 3.19. The second-order valence-electron chi connectivity index (χ2n) is 8.97. The maximum atomic E-state index is 12.6. The van der Waals surface area contributed by atoms with Crippen molar-refractivity contribution in [2.75, 3.05) is 5.32 Å². The molecule has 1 aromatic heterocycles. The van der Waals surface area contributed by atoms with Crippen molar-refractivity contribution >= 4 is 40.2 Å². The van der Waals surface area contributed by atoms with Gasteiger partial charge in [0.2, 0.25) is 5.95 Å². The number of benzene rings is 3. The van der Waals surface area contributed by atoms with E-state index in [9.17, 15) is 18.0 Å². The highest BCUT2D eigenvalue weighted by Crippen LogP contribution is 2.39. The highest BCUT2D eigenvalue weighted by Gasteiger charge is 2.31. The van der Waals surface area contributed by atoms with Crippen LogP contribution < -0.4 is 10.1 Å². The number of hydrogen-bond acceptors (Lipinski definition) is 4. The number of carboxylic acids is 1. The van der Waals surface area contributed by atoms with Gasteiger partial charge in [-0.2, -0.15) is 0 Å². The third-order valence-corrected chi connectivity index (χ3v) is 6.66. The Morgan fingerprint density at radius 3 is 2.65 bits per heavy atom. The molecule has 37 heavy (non-hydrogen) atoms. The Morgan fingerprint density at radius 2 is 1.92 bits per heavy atom. The number of aliphatic carboxylic acids is 1. The van der Waals surface area contributed by atoms with E-state index in [0.29, 0.717) is 28.6 Å². The molecule has 0 bridgehead atoms. The Kier molecular flexibility index (Phi) is 6.72. The number of alkyl halides is 3. The maximum Gasteiger partial charge on any atom is 0.573 e. The number of anilines is 2. The minimum atomic E-state index is -4.77. The summed E-state index contributed by atoms with van der Waals surface area (Å²) in [5.41, 5.74) is 5.28. The van der Waals surface area contributed by atoms with Crippen LogP contribution in [0.2, 0.25) is 5.02 Å². The van der Waals surface area contributed by atoms with Crippen molar-refractivity contribution in [1.29, 1.82) is 0 Å². The van der Waals surface area contributed by atoms with E-state index in [1.54, 1.807) is 0 Å². The van der Waals surface area contributed by atoms with Gasteiger partial charge in [0.25, 0.3) is 0 Å². The third kappa shape index (κ3) is 5.67. The van der Waals surface area contributed by atoms with E-state index in [0.717, 1.165) is 35.9 Å². The number of aromatic nitrogens is 2. The van der Waals surface area contributed by atoms with E-state index in [1.807, 2.05) is 36.4 Å². The Bertz CT molecular complexity index is 1450. The molecule has 0 unspecified atom stereocenters. The minimum Gasteiger partial charge on any atom is -0.481 e. The Balaban J connectivity index is 1.55. The zero-order valence-corrected chi connectivity index (χ0v) is 20.3. The second kappa shape index (κ2) is 9.97. The van der Waals surface area contributed by atoms with E-state index in [2.05, 4.69) is 14.6 Å². The first kappa shape index (κ1) is 25.0. The van der Waals surface area contributed by atoms with Gasteiger partial charge in [0.1, 0.15) is 5.75 Å². The quantitative estimate of drug-likeness (QED) is 0.263. The number of nitrogens with zero attached hydrogens (tertiary/aromatic N) is 2. The van der Waals surface area contributed by atoms with Gasteiger partial charge < -0.3 is 19.7 Å². The summed E-state index contributed by atoms with van der Waals surface area (Å²) in [6, 6.07) is 17.0. The predicted octanol–water partition coefficient (Wildman–Crippen LogP) is 7.27. The minimum absolute atomic E-state index is 0.0143. The van der Waals surface area contributed by atoms with Crippen LogP contribution >= 0.6 is 11.6 Å². The molecule has 0 aliphatic heterocycles. The SMILES string of the molecule is O=C(O)CCc1ccc2c(c1)nc(Nc1ccc(OC(F)(F)F)cc1)n2[C@@H]1CCCc2cc(Cl)ccc21. The summed E-state index contributed by atoms with van der Waals surface area (Å²) < 4.78 is 43.7. The van der Waals surface area contributed by atoms with Gasteiger partial charge in [0.05, 0.1) is 17.1 Å². The number of aryl methyl sites for hydroxylation is 2. The lowest BCUT2D eigenvalue weighted by atomic mass is 9.87. The molecule has 0 saturated carbocycles. The first-order chi connectivity index (χ1) is 17.7. The van der Waals surface area contributed by atoms with Crippen LogP contribution in [0.4, 0.5) is 24.8 Å². The standard InChI is InChI=1S/C27H23ClF3N3O3/c28-18-6-11-21-17(15-18)2-1-3-23(21)34-24-12-4-16(5-13-25(35)36)14-22(24)33-26(34)32-19-7-9-20(10-8-19)37-27(29,30)31/h4,6-12,14-15,23H,1-3,5,13H2,(H,32,33)(H,35,36)/t23-/m1/s1. The van der Waals surface area contributed by atoms with Crippen molar-refractivity contribution in [2.24, 2.45) is 0 Å². The molecular weight excluding hydrogens is 507 g/mol. The zero-order valence-electron chi connectivity index (χ0n) is 19.6. The second-order valence-corrected chi connectivity index (χ2v) is 9.41. The molecule has 1 heterocycles. The summed E-state index contributed by atoms with van der Waals surface area (Å²) in [5, 5.41) is 13.0. The first-order valence-electron chi connectivity index (χ1n) is 11.8. The van der Waals surface area contributed by atoms with Gasteiger partial charge in [0, 0.05) is 17.1 Å². The van der Waals surface area contributed by atoms with Gasteiger partial charge in [-0.05, 0) is 90.9 Å². The Labute approximate surface area is 215 Å². The molecule has 1 aliphatic rings. The van der Waals surface area contributed by atoms with E-state index < -0.39 is 12.3 Å². The van der Waals surface area contributed by atoms with Crippen molar-refractivity contribution < 1.29 is 27.8 Å². The van der Waals surface area contributed by atoms with E-state index in [-0.39, 0.29) is 18.2 Å². The molecular formula is C27H23ClF3N3O3. The number of ether oxygens (including phenoxy) is 1. The van der Waals surface area contributed by atoms with Gasteiger partial charge in [0.15, 0.2) is 0 Å². The molecule has 0 spiro atoms. The third-order valence-electron chi connectivity index (χ3n) is 6.42. The molecule has 0 fully saturated rings. The van der Waals surface area contributed by atoms with Crippen LogP contribution in [0.15, 0.2) is 60.7 Å². The fourth-order valence-electron chi connectivity index (χ4n) is 4.85. The Morgan fingerprint density at radius 1 is 1.14 bits per heavy atom. The zero-order chi connectivity index (χ0) is 26.2. The van der Waals surface area contributed by atoms with E-state index in [1.165, 1.54) is 29.8 Å². The highest BCUT2D eigenvalue weighted by molar-refractivity contribution is 6.30. The van der Waals surface area contributed by atoms with Crippen LogP contribution in [-0.4, -0.2) is 27.0 Å². The van der Waals surface area contributed by atoms with Gasteiger partial charge in [-0.15, -0.1) is 13.2 Å². The molecule has 1 atom stereocenters. The predicted molar refractivity (Wildman–Crippen MR) is 135 cm³/mol. The van der Waals surface area contributed by atoms with Crippen LogP contribution in [-0.2, 0) is 17.6 Å². The molecule has 2 N–H and O–H groups in total. The van der Waals surface area contributed by atoms with Gasteiger partial charge >= 0.3 is 12.3 Å². The van der Waals surface area contributed by atoms with Crippen molar-refractivity contribution in [3.05, 3.63) is 82.4 Å². The van der Waals surface area contributed by atoms with Crippen LogP contribution in [0.3, 0.4) is 0 Å². The van der Waals surface area contributed by atoms with Crippen molar-refractivity contribution in [1.82, 2.24) is 9.55 Å². The fourth-order valence-corrected chi connectivity index (χ4v) is 5.04. The summed E-state index contributed by atoms with van der Waals surface area (Å²) in [5.74, 6) is -0.654.